The normalized spacial score (nSPS) is 18.2. The number of rotatable bonds is 11. The molecule has 1 fully saturated rings. The van der Waals surface area contributed by atoms with E-state index in [0.29, 0.717) is 16.7 Å². The number of unbranched alkanes of at least 4 members (excludes halogenated alkanes) is 2. The first-order chi connectivity index (χ1) is 17.6. The predicted octanol–water partition coefficient (Wildman–Crippen LogP) is 9.71. The minimum Gasteiger partial charge on any atom is -0.486 e. The van der Waals surface area contributed by atoms with Crippen molar-refractivity contribution in [1.29, 1.82) is 0 Å². The zero-order valence-electron chi connectivity index (χ0n) is 21.9. The van der Waals surface area contributed by atoms with Gasteiger partial charge in [0.05, 0.1) is 0 Å². The van der Waals surface area contributed by atoms with E-state index in [1.807, 2.05) is 25.1 Å². The second-order valence-electron chi connectivity index (χ2n) is 10.4. The number of hydrogen-bond acceptors (Lipinski definition) is 1. The van der Waals surface area contributed by atoms with E-state index in [9.17, 15) is 8.78 Å². The van der Waals surface area contributed by atoms with Crippen molar-refractivity contribution in [1.82, 2.24) is 0 Å². The van der Waals surface area contributed by atoms with Gasteiger partial charge in [0.15, 0.2) is 11.6 Å². The maximum Gasteiger partial charge on any atom is 0.201 e. The number of benzene rings is 3. The molecule has 0 heterocycles. The van der Waals surface area contributed by atoms with Gasteiger partial charge in [-0.1, -0.05) is 81.2 Å². The highest BCUT2D eigenvalue weighted by atomic mass is 19.2. The molecule has 0 atom stereocenters. The van der Waals surface area contributed by atoms with Crippen LogP contribution in [-0.2, 0) is 12.8 Å². The van der Waals surface area contributed by atoms with Gasteiger partial charge in [0.1, 0.15) is 6.61 Å². The Kier molecular flexibility index (Phi) is 9.55. The summed E-state index contributed by atoms with van der Waals surface area (Å²) >= 11 is 0. The van der Waals surface area contributed by atoms with Gasteiger partial charge >= 0.3 is 0 Å². The van der Waals surface area contributed by atoms with E-state index in [0.717, 1.165) is 24.3 Å². The Morgan fingerprint density at radius 2 is 1.58 bits per heavy atom. The molecule has 0 amide bonds. The van der Waals surface area contributed by atoms with Crippen molar-refractivity contribution >= 4 is 10.8 Å². The molecule has 1 saturated carbocycles. The van der Waals surface area contributed by atoms with Gasteiger partial charge in [-0.25, -0.2) is 4.39 Å². The van der Waals surface area contributed by atoms with Crippen molar-refractivity contribution in [3.63, 3.8) is 0 Å². The first kappa shape index (κ1) is 26.4. The van der Waals surface area contributed by atoms with Crippen LogP contribution < -0.4 is 4.74 Å². The second kappa shape index (κ2) is 13.0. The summed E-state index contributed by atoms with van der Waals surface area (Å²) < 4.78 is 34.6. The number of ether oxygens (including phenoxy) is 1. The largest absolute Gasteiger partial charge is 0.486 e. The molecule has 0 unspecified atom stereocenters. The molecule has 3 aromatic carbocycles. The zero-order chi connectivity index (χ0) is 25.3. The molecule has 4 rings (SSSR count). The van der Waals surface area contributed by atoms with Crippen LogP contribution in [0.5, 0.6) is 5.75 Å². The molecule has 0 aromatic heterocycles. The van der Waals surface area contributed by atoms with Gasteiger partial charge in [-0.15, -0.1) is 0 Å². The lowest BCUT2D eigenvalue weighted by atomic mass is 9.77. The summed E-state index contributed by atoms with van der Waals surface area (Å²) in [6.45, 7) is 4.36. The van der Waals surface area contributed by atoms with E-state index in [2.05, 4.69) is 31.2 Å². The predicted molar refractivity (Wildman–Crippen MR) is 147 cm³/mol. The fourth-order valence-electron chi connectivity index (χ4n) is 5.56. The third-order valence-corrected chi connectivity index (χ3v) is 7.84. The Hall–Kier alpha value is -2.68. The Balaban J connectivity index is 1.33. The monoisotopic (exact) mass is 490 g/mol. The Labute approximate surface area is 215 Å². The topological polar surface area (TPSA) is 9.23 Å². The number of allylic oxidation sites excluding steroid dienone is 1. The van der Waals surface area contributed by atoms with Crippen molar-refractivity contribution in [2.45, 2.75) is 84.0 Å². The van der Waals surface area contributed by atoms with Crippen LogP contribution in [0.15, 0.2) is 60.7 Å². The molecule has 0 aliphatic heterocycles. The first-order valence-corrected chi connectivity index (χ1v) is 13.8. The third-order valence-electron chi connectivity index (χ3n) is 7.84. The molecule has 36 heavy (non-hydrogen) atoms. The fourth-order valence-corrected chi connectivity index (χ4v) is 5.56. The van der Waals surface area contributed by atoms with Crippen LogP contribution in [0.1, 0.15) is 87.8 Å². The Morgan fingerprint density at radius 3 is 2.31 bits per heavy atom. The van der Waals surface area contributed by atoms with Crippen LogP contribution in [0.4, 0.5) is 8.78 Å². The molecule has 1 aliphatic carbocycles. The van der Waals surface area contributed by atoms with Crippen LogP contribution in [0.2, 0.25) is 0 Å². The summed E-state index contributed by atoms with van der Waals surface area (Å²) in [6, 6.07) is 16.3. The lowest BCUT2D eigenvalue weighted by Crippen LogP contribution is -2.13. The van der Waals surface area contributed by atoms with E-state index in [1.165, 1.54) is 62.5 Å². The van der Waals surface area contributed by atoms with E-state index in [-0.39, 0.29) is 12.4 Å². The van der Waals surface area contributed by atoms with Crippen LogP contribution in [0, 0.1) is 17.6 Å². The molecule has 192 valence electrons. The summed E-state index contributed by atoms with van der Waals surface area (Å²) in [5, 5.41) is 0.960. The molecule has 0 bridgehead atoms. The molecule has 1 aliphatic rings. The van der Waals surface area contributed by atoms with Crippen LogP contribution in [0.3, 0.4) is 0 Å². The molecule has 0 radical (unpaired) electrons. The lowest BCUT2D eigenvalue weighted by molar-refractivity contribution is 0.303. The summed E-state index contributed by atoms with van der Waals surface area (Å²) in [4.78, 5) is 0. The summed E-state index contributed by atoms with van der Waals surface area (Å²) in [7, 11) is 0. The van der Waals surface area contributed by atoms with Gasteiger partial charge in [0.2, 0.25) is 5.82 Å². The summed E-state index contributed by atoms with van der Waals surface area (Å²) in [6.07, 6.45) is 16.1. The Morgan fingerprint density at radius 1 is 0.861 bits per heavy atom. The third kappa shape index (κ3) is 6.75. The summed E-state index contributed by atoms with van der Waals surface area (Å²) in [5.74, 6) is -0.170. The minimum absolute atomic E-state index is 0.0454. The molecular weight excluding hydrogens is 450 g/mol. The van der Waals surface area contributed by atoms with Crippen molar-refractivity contribution < 1.29 is 13.5 Å². The van der Waals surface area contributed by atoms with Crippen LogP contribution in [0.25, 0.3) is 10.8 Å². The van der Waals surface area contributed by atoms with Gasteiger partial charge in [0, 0.05) is 5.39 Å². The van der Waals surface area contributed by atoms with Crippen molar-refractivity contribution in [3.8, 4) is 5.75 Å². The Bertz CT molecular complexity index is 1140. The lowest BCUT2D eigenvalue weighted by Gasteiger charge is -2.29. The van der Waals surface area contributed by atoms with Gasteiger partial charge in [-0.3, -0.25) is 0 Å². The first-order valence-electron chi connectivity index (χ1n) is 13.8. The standard InChI is InChI=1S/C33H40F2O/c1-3-5-7-8-24-11-16-27(17-12-24)28-18-13-25(14-19-28)9-10-26-15-20-29-23-31(36-21-6-4-2)33(35)32(34)30(29)22-26/h4,6,13-15,18-20,22-24,27H,3,5,7-12,16-17,21H2,1-2H3. The summed E-state index contributed by atoms with van der Waals surface area (Å²) in [5.41, 5.74) is 3.77. The SMILES string of the molecule is CC=CCOc1cc2ccc(CCc3ccc(C4CCC(CCCCC)CC4)cc3)cc2c(F)c1F. The minimum atomic E-state index is -0.922. The van der Waals surface area contributed by atoms with Gasteiger partial charge < -0.3 is 4.74 Å². The van der Waals surface area contributed by atoms with Crippen molar-refractivity contribution in [2.75, 3.05) is 6.61 Å². The van der Waals surface area contributed by atoms with E-state index < -0.39 is 11.6 Å². The molecule has 0 spiro atoms. The second-order valence-corrected chi connectivity index (χ2v) is 10.4. The van der Waals surface area contributed by atoms with Crippen molar-refractivity contribution in [2.24, 2.45) is 5.92 Å². The highest BCUT2D eigenvalue weighted by Gasteiger charge is 2.22. The fraction of sp³-hybridized carbons (Fsp3) is 0.455. The van der Waals surface area contributed by atoms with Crippen LogP contribution in [-0.4, -0.2) is 6.61 Å². The highest BCUT2D eigenvalue weighted by molar-refractivity contribution is 5.85. The molecule has 0 saturated heterocycles. The van der Waals surface area contributed by atoms with E-state index >= 15 is 0 Å². The average Bonchev–Trinajstić information content (AvgIpc) is 2.91. The average molecular weight is 491 g/mol. The van der Waals surface area contributed by atoms with E-state index in [4.69, 9.17) is 4.74 Å². The smallest absolute Gasteiger partial charge is 0.201 e. The number of aryl methyl sites for hydroxylation is 2. The van der Waals surface area contributed by atoms with Gasteiger partial charge in [-0.05, 0) is 91.5 Å². The molecule has 1 nitrogen and oxygen atoms in total. The van der Waals surface area contributed by atoms with Crippen LogP contribution >= 0.6 is 0 Å². The molecule has 3 aromatic rings. The van der Waals surface area contributed by atoms with Crippen molar-refractivity contribution in [3.05, 3.63) is 89.0 Å². The van der Waals surface area contributed by atoms with E-state index in [1.54, 1.807) is 18.2 Å². The number of hydrogen-bond donors (Lipinski definition) is 0. The molecular formula is C33H40F2O. The maximum atomic E-state index is 14.8. The molecule has 3 heteroatoms. The number of fused-ring (bicyclic) bond motifs is 1. The quantitative estimate of drug-likeness (QED) is 0.192. The molecule has 0 N–H and O–H groups in total. The number of halogens is 2. The maximum absolute atomic E-state index is 14.8. The van der Waals surface area contributed by atoms with Gasteiger partial charge in [-0.2, -0.15) is 4.39 Å². The zero-order valence-corrected chi connectivity index (χ0v) is 21.9. The highest BCUT2D eigenvalue weighted by Crippen LogP contribution is 2.38. The van der Waals surface area contributed by atoms with Gasteiger partial charge in [0.25, 0.3) is 0 Å².